The Bertz CT molecular complexity index is 3700. The van der Waals surface area contributed by atoms with E-state index in [-0.39, 0.29) is 5.41 Å². The summed E-state index contributed by atoms with van der Waals surface area (Å²) in [6.07, 6.45) is 0. The second-order valence-corrected chi connectivity index (χ2v) is 16.4. The second-order valence-electron chi connectivity index (χ2n) is 16.4. The summed E-state index contributed by atoms with van der Waals surface area (Å²) in [5.74, 6) is 1.72. The fourth-order valence-corrected chi connectivity index (χ4v) is 9.93. The van der Waals surface area contributed by atoms with Crippen LogP contribution in [0.25, 0.3) is 111 Å². The third-order valence-corrected chi connectivity index (χ3v) is 12.8. The predicted octanol–water partition coefficient (Wildman–Crippen LogP) is 13.6. The van der Waals surface area contributed by atoms with Crippen LogP contribution in [0.4, 0.5) is 0 Å². The number of nitrogens with zero attached hydrogens (tertiary/aromatic N) is 5. The fourth-order valence-electron chi connectivity index (χ4n) is 9.93. The first-order valence-corrected chi connectivity index (χ1v) is 20.4. The largest absolute Gasteiger partial charge is 0.456 e. The molecule has 0 fully saturated rings. The Kier molecular flexibility index (Phi) is 6.69. The lowest BCUT2D eigenvalue weighted by atomic mass is 9.82. The molecule has 0 atom stereocenters. The van der Waals surface area contributed by atoms with Crippen LogP contribution in [0.15, 0.2) is 180 Å². The van der Waals surface area contributed by atoms with E-state index in [1.54, 1.807) is 0 Å². The SMILES string of the molecule is CC1(C)c2ccccc2-c2cc3c(cc21)c1ccccc1n3-c1ccc(-c2nc(-c3ccc4c(c3)oc3ccccc34)nc(-n3c4ccccc4c4ccccc43)n2)cc1. The van der Waals surface area contributed by atoms with Gasteiger partial charge in [0, 0.05) is 54.5 Å². The van der Waals surface area contributed by atoms with Crippen LogP contribution in [0.5, 0.6) is 0 Å². The molecule has 6 nitrogen and oxygen atoms in total. The van der Waals surface area contributed by atoms with Crippen molar-refractivity contribution in [1.82, 2.24) is 24.1 Å². The molecule has 0 saturated heterocycles. The van der Waals surface area contributed by atoms with E-state index in [2.05, 4.69) is 175 Å². The summed E-state index contributed by atoms with van der Waals surface area (Å²) in [6.45, 7) is 4.69. The first kappa shape index (κ1) is 33.2. The molecule has 4 aromatic heterocycles. The van der Waals surface area contributed by atoms with Gasteiger partial charge in [0.1, 0.15) is 11.2 Å². The van der Waals surface area contributed by atoms with E-state index in [4.69, 9.17) is 19.4 Å². The van der Waals surface area contributed by atoms with Crippen molar-refractivity contribution >= 4 is 65.6 Å². The maximum Gasteiger partial charge on any atom is 0.238 e. The average Bonchev–Trinajstić information content (AvgIpc) is 4.00. The molecule has 8 aromatic carbocycles. The minimum Gasteiger partial charge on any atom is -0.456 e. The Labute approximate surface area is 344 Å². The van der Waals surface area contributed by atoms with Crippen LogP contribution in [0.1, 0.15) is 25.0 Å². The van der Waals surface area contributed by atoms with E-state index in [1.807, 2.05) is 24.3 Å². The molecule has 282 valence electrons. The smallest absolute Gasteiger partial charge is 0.238 e. The summed E-state index contributed by atoms with van der Waals surface area (Å²) in [6, 6.07) is 62.4. The Morgan fingerprint density at radius 1 is 0.400 bits per heavy atom. The summed E-state index contributed by atoms with van der Waals surface area (Å²) >= 11 is 0. The molecule has 0 N–H and O–H groups in total. The van der Waals surface area contributed by atoms with Gasteiger partial charge in [0.25, 0.3) is 0 Å². The van der Waals surface area contributed by atoms with Crippen LogP contribution in [0.3, 0.4) is 0 Å². The molecule has 0 saturated carbocycles. The fraction of sp³-hybridized carbons (Fsp3) is 0.0556. The van der Waals surface area contributed by atoms with Crippen molar-refractivity contribution in [2.75, 3.05) is 0 Å². The zero-order valence-electron chi connectivity index (χ0n) is 32.9. The van der Waals surface area contributed by atoms with Crippen LogP contribution in [0.2, 0.25) is 0 Å². The molecule has 13 rings (SSSR count). The Morgan fingerprint density at radius 3 is 1.70 bits per heavy atom. The summed E-state index contributed by atoms with van der Waals surface area (Å²) in [5.41, 5.74) is 14.2. The van der Waals surface area contributed by atoms with Crippen LogP contribution < -0.4 is 0 Å². The van der Waals surface area contributed by atoms with E-state index in [0.717, 1.165) is 60.6 Å². The highest BCUT2D eigenvalue weighted by molar-refractivity contribution is 6.12. The van der Waals surface area contributed by atoms with Gasteiger partial charge in [-0.3, -0.25) is 4.57 Å². The highest BCUT2D eigenvalue weighted by atomic mass is 16.3. The number of aromatic nitrogens is 5. The lowest BCUT2D eigenvalue weighted by Gasteiger charge is -2.21. The quantitative estimate of drug-likeness (QED) is 0.179. The van der Waals surface area contributed by atoms with Crippen LogP contribution >= 0.6 is 0 Å². The number of hydrogen-bond donors (Lipinski definition) is 0. The minimum atomic E-state index is -0.0791. The number of rotatable bonds is 4. The van der Waals surface area contributed by atoms with Crippen molar-refractivity contribution in [1.29, 1.82) is 0 Å². The predicted molar refractivity (Wildman–Crippen MR) is 244 cm³/mol. The molecule has 0 bridgehead atoms. The molecular weight excluding hydrogens is 735 g/mol. The third-order valence-electron chi connectivity index (χ3n) is 12.8. The maximum absolute atomic E-state index is 6.33. The Morgan fingerprint density at radius 2 is 0.967 bits per heavy atom. The number of fused-ring (bicyclic) bond motifs is 12. The molecule has 1 aliphatic carbocycles. The average molecular weight is 770 g/mol. The number of hydrogen-bond acceptors (Lipinski definition) is 4. The van der Waals surface area contributed by atoms with Crippen molar-refractivity contribution in [3.8, 4) is 45.5 Å². The van der Waals surface area contributed by atoms with Gasteiger partial charge in [-0.05, 0) is 95.1 Å². The van der Waals surface area contributed by atoms with Crippen molar-refractivity contribution in [2.45, 2.75) is 19.3 Å². The van der Waals surface area contributed by atoms with Gasteiger partial charge in [-0.1, -0.05) is 117 Å². The summed E-state index contributed by atoms with van der Waals surface area (Å²) in [4.78, 5) is 15.6. The standard InChI is InChI=1S/C54H35N5O/c1-54(2)43-18-8-3-13-35(43)41-31-48-42(30-44(41)54)38-16-6-9-19-45(38)58(48)34-26-23-32(24-27-34)51-55-52(33-25-28-40-39-17-7-12-22-49(39)60-50(40)29-33)57-53(56-51)59-46-20-10-4-14-36(46)37-15-5-11-21-47(37)59/h3-31H,1-2H3. The van der Waals surface area contributed by atoms with E-state index >= 15 is 0 Å². The van der Waals surface area contributed by atoms with Crippen LogP contribution in [-0.4, -0.2) is 24.1 Å². The van der Waals surface area contributed by atoms with E-state index in [0.29, 0.717) is 17.6 Å². The lowest BCUT2D eigenvalue weighted by molar-refractivity contribution is 0.661. The highest BCUT2D eigenvalue weighted by Crippen LogP contribution is 2.51. The van der Waals surface area contributed by atoms with Gasteiger partial charge in [0.2, 0.25) is 5.95 Å². The molecule has 0 amide bonds. The lowest BCUT2D eigenvalue weighted by Crippen LogP contribution is -2.14. The van der Waals surface area contributed by atoms with Crippen LogP contribution in [-0.2, 0) is 5.41 Å². The molecule has 0 spiro atoms. The van der Waals surface area contributed by atoms with Gasteiger partial charge in [0.05, 0.1) is 22.1 Å². The summed E-state index contributed by atoms with van der Waals surface area (Å²) in [5, 5.41) is 6.94. The molecule has 0 aliphatic heterocycles. The third kappa shape index (κ3) is 4.61. The van der Waals surface area contributed by atoms with Crippen LogP contribution in [0, 0.1) is 0 Å². The van der Waals surface area contributed by atoms with Crippen molar-refractivity contribution in [3.05, 3.63) is 187 Å². The summed E-state index contributed by atoms with van der Waals surface area (Å²) in [7, 11) is 0. The molecule has 0 radical (unpaired) electrons. The zero-order chi connectivity index (χ0) is 39.7. The maximum atomic E-state index is 6.33. The van der Waals surface area contributed by atoms with Gasteiger partial charge in [-0.15, -0.1) is 0 Å². The number of benzene rings is 8. The van der Waals surface area contributed by atoms with Gasteiger partial charge >= 0.3 is 0 Å². The van der Waals surface area contributed by atoms with Crippen molar-refractivity contribution in [3.63, 3.8) is 0 Å². The first-order chi connectivity index (χ1) is 29.5. The second kappa shape index (κ2) is 12.1. The van der Waals surface area contributed by atoms with Gasteiger partial charge in [0.15, 0.2) is 11.6 Å². The molecule has 0 unspecified atom stereocenters. The van der Waals surface area contributed by atoms with Crippen molar-refractivity contribution < 1.29 is 4.42 Å². The molecule has 6 heteroatoms. The number of para-hydroxylation sites is 4. The zero-order valence-corrected chi connectivity index (χ0v) is 32.9. The van der Waals surface area contributed by atoms with Gasteiger partial charge in [-0.25, -0.2) is 4.98 Å². The monoisotopic (exact) mass is 769 g/mol. The van der Waals surface area contributed by atoms with E-state index in [1.165, 1.54) is 44.1 Å². The van der Waals surface area contributed by atoms with Crippen molar-refractivity contribution in [2.24, 2.45) is 0 Å². The molecule has 12 aromatic rings. The summed E-state index contributed by atoms with van der Waals surface area (Å²) < 4.78 is 10.9. The number of furan rings is 1. The van der Waals surface area contributed by atoms with Gasteiger partial charge < -0.3 is 8.98 Å². The minimum absolute atomic E-state index is 0.0791. The molecular formula is C54H35N5O. The van der Waals surface area contributed by atoms with Gasteiger partial charge in [-0.2, -0.15) is 9.97 Å². The topological polar surface area (TPSA) is 61.7 Å². The molecule has 60 heavy (non-hydrogen) atoms. The first-order valence-electron chi connectivity index (χ1n) is 20.4. The van der Waals surface area contributed by atoms with E-state index < -0.39 is 0 Å². The molecule has 4 heterocycles. The Hall–Kier alpha value is -7.83. The normalized spacial score (nSPS) is 13.3. The van der Waals surface area contributed by atoms with E-state index in [9.17, 15) is 0 Å². The molecule has 1 aliphatic rings. The Balaban J connectivity index is 1.00. The highest BCUT2D eigenvalue weighted by Gasteiger charge is 2.36.